The number of likely N-dealkylation sites (tertiary alicyclic amines) is 1. The van der Waals surface area contributed by atoms with Crippen molar-refractivity contribution in [3.63, 3.8) is 0 Å². The molecule has 0 radical (unpaired) electrons. The van der Waals surface area contributed by atoms with E-state index in [0.717, 1.165) is 13.1 Å². The summed E-state index contributed by atoms with van der Waals surface area (Å²) in [6.07, 6.45) is 1.79. The van der Waals surface area contributed by atoms with Gasteiger partial charge < -0.3 is 21.2 Å². The van der Waals surface area contributed by atoms with Crippen molar-refractivity contribution < 1.29 is 10.0 Å². The van der Waals surface area contributed by atoms with Gasteiger partial charge in [0.25, 0.3) is 0 Å². The number of nitrogens with two attached hydrogens (primary N) is 1. The Morgan fingerprint density at radius 3 is 2.50 bits per heavy atom. The van der Waals surface area contributed by atoms with Crippen LogP contribution in [-0.4, -0.2) is 47.5 Å². The van der Waals surface area contributed by atoms with Gasteiger partial charge >= 0.3 is 0 Å². The van der Waals surface area contributed by atoms with Gasteiger partial charge in [-0.05, 0) is 25.8 Å². The van der Waals surface area contributed by atoms with Gasteiger partial charge in [-0.1, -0.05) is 19.0 Å². The molecule has 0 unspecified atom stereocenters. The first-order chi connectivity index (χ1) is 8.39. The molecule has 0 aromatic carbocycles. The third-order valence-electron chi connectivity index (χ3n) is 3.41. The molecule has 1 aliphatic rings. The van der Waals surface area contributed by atoms with E-state index in [2.05, 4.69) is 15.4 Å². The Kier molecular flexibility index (Phi) is 4.95. The number of amidine groups is 1. The Hall–Kier alpha value is -1.30. The molecule has 0 aromatic heterocycles. The monoisotopic (exact) mass is 256 g/mol. The summed E-state index contributed by atoms with van der Waals surface area (Å²) in [6, 6.07) is 0. The van der Waals surface area contributed by atoms with Crippen LogP contribution in [0.2, 0.25) is 0 Å². The number of hydrogen-bond acceptors (Lipinski definition) is 4. The predicted molar refractivity (Wildman–Crippen MR) is 70.5 cm³/mol. The maximum atomic E-state index is 11.9. The Labute approximate surface area is 108 Å². The van der Waals surface area contributed by atoms with Crippen LogP contribution in [0.5, 0.6) is 0 Å². The van der Waals surface area contributed by atoms with Crippen LogP contribution in [0.15, 0.2) is 5.16 Å². The first-order valence-electron chi connectivity index (χ1n) is 6.37. The lowest BCUT2D eigenvalue weighted by Crippen LogP contribution is -2.62. The number of nitrogens with one attached hydrogen (secondary N) is 1. The standard InChI is InChI=1S/C12H24N4O2/c1-9(2)8-10(17)14-12(11(13)15-18)4-6-16(3)7-5-12/h9,18H,4-8H2,1-3H3,(H2,13,15)(H,14,17). The highest BCUT2D eigenvalue weighted by atomic mass is 16.4. The highest BCUT2D eigenvalue weighted by Gasteiger charge is 2.39. The van der Waals surface area contributed by atoms with Crippen LogP contribution in [0.1, 0.15) is 33.1 Å². The van der Waals surface area contributed by atoms with Crippen molar-refractivity contribution in [2.45, 2.75) is 38.6 Å². The molecule has 0 aromatic rings. The van der Waals surface area contributed by atoms with E-state index in [-0.39, 0.29) is 11.7 Å². The molecule has 1 amide bonds. The Morgan fingerprint density at radius 2 is 2.06 bits per heavy atom. The lowest BCUT2D eigenvalue weighted by molar-refractivity contribution is -0.123. The molecule has 18 heavy (non-hydrogen) atoms. The lowest BCUT2D eigenvalue weighted by Gasteiger charge is -2.40. The van der Waals surface area contributed by atoms with E-state index in [0.29, 0.717) is 25.2 Å². The number of nitrogens with zero attached hydrogens (tertiary/aromatic N) is 2. The second kappa shape index (κ2) is 6.04. The van der Waals surface area contributed by atoms with Gasteiger partial charge in [-0.3, -0.25) is 4.79 Å². The minimum Gasteiger partial charge on any atom is -0.409 e. The molecule has 1 fully saturated rings. The molecule has 4 N–H and O–H groups in total. The van der Waals surface area contributed by atoms with Gasteiger partial charge in [-0.15, -0.1) is 0 Å². The molecular weight excluding hydrogens is 232 g/mol. The van der Waals surface area contributed by atoms with Crippen molar-refractivity contribution in [1.29, 1.82) is 0 Å². The fraction of sp³-hybridized carbons (Fsp3) is 0.833. The summed E-state index contributed by atoms with van der Waals surface area (Å²) >= 11 is 0. The number of amides is 1. The minimum atomic E-state index is -0.687. The van der Waals surface area contributed by atoms with Crippen LogP contribution in [-0.2, 0) is 4.79 Å². The Bertz CT molecular complexity index is 320. The zero-order valence-corrected chi connectivity index (χ0v) is 11.4. The van der Waals surface area contributed by atoms with Gasteiger partial charge in [-0.25, -0.2) is 0 Å². The molecule has 0 saturated carbocycles. The fourth-order valence-electron chi connectivity index (χ4n) is 2.23. The number of carbonyl (C=O) groups is 1. The van der Waals surface area contributed by atoms with Gasteiger partial charge in [0.2, 0.25) is 5.91 Å². The minimum absolute atomic E-state index is 0.0406. The molecule has 1 aliphatic heterocycles. The van der Waals surface area contributed by atoms with Crippen molar-refractivity contribution in [1.82, 2.24) is 10.2 Å². The number of hydrogen-bond donors (Lipinski definition) is 3. The normalized spacial score (nSPS) is 21.0. The van der Waals surface area contributed by atoms with Crippen molar-refractivity contribution >= 4 is 11.7 Å². The van der Waals surface area contributed by atoms with Crippen LogP contribution in [0.4, 0.5) is 0 Å². The zero-order chi connectivity index (χ0) is 13.8. The molecule has 0 bridgehead atoms. The van der Waals surface area contributed by atoms with Crippen LogP contribution >= 0.6 is 0 Å². The molecule has 1 rings (SSSR count). The highest BCUT2D eigenvalue weighted by molar-refractivity contribution is 5.94. The Balaban J connectivity index is 2.76. The summed E-state index contributed by atoms with van der Waals surface area (Å²) in [5, 5.41) is 15.0. The summed E-state index contributed by atoms with van der Waals surface area (Å²) in [7, 11) is 2.02. The SMILES string of the molecule is CC(C)CC(=O)NC1(C(N)=NO)CCN(C)CC1. The largest absolute Gasteiger partial charge is 0.409 e. The van der Waals surface area contributed by atoms with E-state index in [1.165, 1.54) is 0 Å². The fourth-order valence-corrected chi connectivity index (χ4v) is 2.23. The maximum absolute atomic E-state index is 11.9. The molecule has 6 heteroatoms. The number of oxime groups is 1. The maximum Gasteiger partial charge on any atom is 0.221 e. The molecule has 1 heterocycles. The average molecular weight is 256 g/mol. The van der Waals surface area contributed by atoms with Crippen molar-refractivity contribution in [3.8, 4) is 0 Å². The van der Waals surface area contributed by atoms with Gasteiger partial charge in [0.05, 0.1) is 0 Å². The summed E-state index contributed by atoms with van der Waals surface area (Å²) in [6.45, 7) is 5.62. The van der Waals surface area contributed by atoms with Crippen LogP contribution in [0.25, 0.3) is 0 Å². The third-order valence-corrected chi connectivity index (χ3v) is 3.41. The average Bonchev–Trinajstić information content (AvgIpc) is 2.30. The quantitative estimate of drug-likeness (QED) is 0.293. The third kappa shape index (κ3) is 3.60. The predicted octanol–water partition coefficient (Wildman–Crippen LogP) is 0.360. The summed E-state index contributed by atoms with van der Waals surface area (Å²) in [4.78, 5) is 14.1. The second-order valence-corrected chi connectivity index (χ2v) is 5.52. The summed E-state index contributed by atoms with van der Waals surface area (Å²) in [5.74, 6) is 0.356. The Morgan fingerprint density at radius 1 is 1.50 bits per heavy atom. The number of rotatable bonds is 4. The van der Waals surface area contributed by atoms with Crippen molar-refractivity contribution in [3.05, 3.63) is 0 Å². The van der Waals surface area contributed by atoms with Crippen LogP contribution in [0, 0.1) is 5.92 Å². The topological polar surface area (TPSA) is 91.0 Å². The molecule has 0 aliphatic carbocycles. The van der Waals surface area contributed by atoms with Crippen molar-refractivity contribution in [2.75, 3.05) is 20.1 Å². The summed E-state index contributed by atoms with van der Waals surface area (Å²) < 4.78 is 0. The number of carbonyl (C=O) groups excluding carboxylic acids is 1. The second-order valence-electron chi connectivity index (χ2n) is 5.52. The number of piperidine rings is 1. The van der Waals surface area contributed by atoms with E-state index in [4.69, 9.17) is 10.9 Å². The van der Waals surface area contributed by atoms with E-state index in [1.54, 1.807) is 0 Å². The molecule has 0 spiro atoms. The first-order valence-corrected chi connectivity index (χ1v) is 6.37. The van der Waals surface area contributed by atoms with Gasteiger partial charge in [0.15, 0.2) is 5.84 Å². The van der Waals surface area contributed by atoms with Crippen LogP contribution in [0.3, 0.4) is 0 Å². The molecule has 0 atom stereocenters. The van der Waals surface area contributed by atoms with E-state index < -0.39 is 5.54 Å². The smallest absolute Gasteiger partial charge is 0.221 e. The van der Waals surface area contributed by atoms with E-state index in [9.17, 15) is 4.79 Å². The molecule has 104 valence electrons. The molecule has 6 nitrogen and oxygen atoms in total. The zero-order valence-electron chi connectivity index (χ0n) is 11.4. The van der Waals surface area contributed by atoms with Gasteiger partial charge in [0.1, 0.15) is 5.54 Å². The molecular formula is C12H24N4O2. The van der Waals surface area contributed by atoms with E-state index in [1.807, 2.05) is 20.9 Å². The summed E-state index contributed by atoms with van der Waals surface area (Å²) in [5.41, 5.74) is 5.09. The van der Waals surface area contributed by atoms with Crippen molar-refractivity contribution in [2.24, 2.45) is 16.8 Å². The van der Waals surface area contributed by atoms with Crippen LogP contribution < -0.4 is 11.1 Å². The molecule has 1 saturated heterocycles. The first kappa shape index (κ1) is 14.8. The van der Waals surface area contributed by atoms with E-state index >= 15 is 0 Å². The highest BCUT2D eigenvalue weighted by Crippen LogP contribution is 2.22. The lowest BCUT2D eigenvalue weighted by atomic mass is 9.86. The van der Waals surface area contributed by atoms with Gasteiger partial charge in [-0.2, -0.15) is 0 Å². The van der Waals surface area contributed by atoms with Gasteiger partial charge in [0, 0.05) is 19.5 Å².